The van der Waals surface area contributed by atoms with Crippen LogP contribution in [0.15, 0.2) is 18.5 Å². The molecule has 114 valence electrons. The largest absolute Gasteiger partial charge is 0.346 e. The summed E-state index contributed by atoms with van der Waals surface area (Å²) in [6.45, 7) is 12.2. The second-order valence-electron chi connectivity index (χ2n) is 6.76. The van der Waals surface area contributed by atoms with Crippen molar-refractivity contribution in [1.29, 1.82) is 0 Å². The first kappa shape index (κ1) is 14.8. The Morgan fingerprint density at radius 1 is 1.24 bits per heavy atom. The normalized spacial score (nSPS) is 18.5. The lowest BCUT2D eigenvalue weighted by Gasteiger charge is -2.42. The van der Waals surface area contributed by atoms with Gasteiger partial charge >= 0.3 is 0 Å². The Hall–Kier alpha value is -1.10. The highest BCUT2D eigenvalue weighted by Crippen LogP contribution is 2.26. The summed E-state index contributed by atoms with van der Waals surface area (Å²) < 4.78 is 0. The molecule has 0 unspecified atom stereocenters. The Morgan fingerprint density at radius 2 is 1.95 bits per heavy atom. The van der Waals surface area contributed by atoms with E-state index in [0.717, 1.165) is 48.8 Å². The molecule has 0 radical (unpaired) electrons. The number of piperazine rings is 1. The van der Waals surface area contributed by atoms with Gasteiger partial charge in [0.2, 0.25) is 0 Å². The number of rotatable bonds is 2. The number of aromatic amines is 1. The van der Waals surface area contributed by atoms with Gasteiger partial charge in [0, 0.05) is 56.0 Å². The predicted molar refractivity (Wildman–Crippen MR) is 87.7 cm³/mol. The van der Waals surface area contributed by atoms with E-state index in [9.17, 15) is 0 Å². The van der Waals surface area contributed by atoms with Crippen LogP contribution in [0, 0.1) is 0 Å². The standard InChI is InChI=1S/C16H23ClN4/c1-16(2,3)21-8-6-20(7-9-21)11-12-10-19-15-14(12)13(17)4-5-18-15/h4-5,10H,6-9,11H2,1-3H3,(H,18,19). The molecule has 1 saturated heterocycles. The van der Waals surface area contributed by atoms with E-state index in [1.807, 2.05) is 12.3 Å². The zero-order chi connectivity index (χ0) is 15.0. The maximum atomic E-state index is 6.32. The Bertz CT molecular complexity index is 621. The molecular weight excluding hydrogens is 284 g/mol. The van der Waals surface area contributed by atoms with Crippen molar-refractivity contribution in [3.05, 3.63) is 29.0 Å². The molecule has 1 aliphatic heterocycles. The molecule has 1 aliphatic rings. The van der Waals surface area contributed by atoms with Gasteiger partial charge in [-0.2, -0.15) is 0 Å². The van der Waals surface area contributed by atoms with Crippen molar-refractivity contribution in [2.75, 3.05) is 26.2 Å². The Morgan fingerprint density at radius 3 is 2.62 bits per heavy atom. The summed E-state index contributed by atoms with van der Waals surface area (Å²) in [5.74, 6) is 0. The lowest BCUT2D eigenvalue weighted by molar-refractivity contribution is 0.0593. The third kappa shape index (κ3) is 3.07. The average Bonchev–Trinajstić information content (AvgIpc) is 2.83. The van der Waals surface area contributed by atoms with Crippen LogP contribution in [0.2, 0.25) is 5.02 Å². The van der Waals surface area contributed by atoms with Gasteiger partial charge in [0.05, 0.1) is 5.02 Å². The van der Waals surface area contributed by atoms with Gasteiger partial charge < -0.3 is 4.98 Å². The number of nitrogens with zero attached hydrogens (tertiary/aromatic N) is 3. The number of hydrogen-bond donors (Lipinski definition) is 1. The van der Waals surface area contributed by atoms with E-state index in [1.54, 1.807) is 6.20 Å². The molecule has 3 heterocycles. The third-order valence-corrected chi connectivity index (χ3v) is 4.63. The van der Waals surface area contributed by atoms with Crippen molar-refractivity contribution in [3.63, 3.8) is 0 Å². The molecule has 1 N–H and O–H groups in total. The first-order valence-electron chi connectivity index (χ1n) is 7.53. The van der Waals surface area contributed by atoms with Crippen molar-refractivity contribution < 1.29 is 0 Å². The lowest BCUT2D eigenvalue weighted by Crippen LogP contribution is -2.53. The van der Waals surface area contributed by atoms with Gasteiger partial charge in [-0.3, -0.25) is 9.80 Å². The first-order valence-corrected chi connectivity index (χ1v) is 7.91. The monoisotopic (exact) mass is 306 g/mol. The molecule has 5 heteroatoms. The summed E-state index contributed by atoms with van der Waals surface area (Å²) >= 11 is 6.32. The third-order valence-electron chi connectivity index (χ3n) is 4.32. The van der Waals surface area contributed by atoms with Crippen LogP contribution in [0.1, 0.15) is 26.3 Å². The molecular formula is C16H23ClN4. The highest BCUT2D eigenvalue weighted by molar-refractivity contribution is 6.35. The van der Waals surface area contributed by atoms with Crippen molar-refractivity contribution in [1.82, 2.24) is 19.8 Å². The summed E-state index contributed by atoms with van der Waals surface area (Å²) in [7, 11) is 0. The van der Waals surface area contributed by atoms with Gasteiger partial charge in [-0.15, -0.1) is 0 Å². The van der Waals surface area contributed by atoms with Crippen LogP contribution in [0.5, 0.6) is 0 Å². The second-order valence-corrected chi connectivity index (χ2v) is 7.17. The molecule has 0 aliphatic carbocycles. The summed E-state index contributed by atoms with van der Waals surface area (Å²) in [6, 6.07) is 1.86. The van der Waals surface area contributed by atoms with E-state index in [2.05, 4.69) is 40.5 Å². The fourth-order valence-corrected chi connectivity index (χ4v) is 3.29. The maximum absolute atomic E-state index is 6.32. The van der Waals surface area contributed by atoms with E-state index in [1.165, 1.54) is 5.56 Å². The van der Waals surface area contributed by atoms with Gasteiger partial charge in [0.1, 0.15) is 5.65 Å². The predicted octanol–water partition coefficient (Wildman–Crippen LogP) is 3.13. The molecule has 3 rings (SSSR count). The molecule has 0 bridgehead atoms. The fourth-order valence-electron chi connectivity index (χ4n) is 3.02. The molecule has 0 saturated carbocycles. The quantitative estimate of drug-likeness (QED) is 0.926. The van der Waals surface area contributed by atoms with Crippen molar-refractivity contribution in [2.45, 2.75) is 32.9 Å². The second kappa shape index (κ2) is 5.59. The number of fused-ring (bicyclic) bond motifs is 1. The molecule has 2 aromatic rings. The zero-order valence-corrected chi connectivity index (χ0v) is 13.7. The molecule has 2 aromatic heterocycles. The van der Waals surface area contributed by atoms with Crippen LogP contribution in [0.3, 0.4) is 0 Å². The van der Waals surface area contributed by atoms with Crippen molar-refractivity contribution in [2.24, 2.45) is 0 Å². The van der Waals surface area contributed by atoms with E-state index in [0.29, 0.717) is 0 Å². The van der Waals surface area contributed by atoms with Gasteiger partial charge in [-0.1, -0.05) is 11.6 Å². The van der Waals surface area contributed by atoms with Gasteiger partial charge in [0.15, 0.2) is 0 Å². The van der Waals surface area contributed by atoms with Crippen molar-refractivity contribution in [3.8, 4) is 0 Å². The number of aromatic nitrogens is 2. The van der Waals surface area contributed by atoms with Crippen LogP contribution >= 0.6 is 11.6 Å². The Balaban J connectivity index is 1.70. The smallest absolute Gasteiger partial charge is 0.139 e. The van der Waals surface area contributed by atoms with Gasteiger partial charge in [-0.05, 0) is 32.4 Å². The van der Waals surface area contributed by atoms with Crippen molar-refractivity contribution >= 4 is 22.6 Å². The summed E-state index contributed by atoms with van der Waals surface area (Å²) in [5, 5.41) is 1.85. The van der Waals surface area contributed by atoms with Gasteiger partial charge in [0.25, 0.3) is 0 Å². The maximum Gasteiger partial charge on any atom is 0.139 e. The minimum Gasteiger partial charge on any atom is -0.346 e. The molecule has 0 atom stereocenters. The van der Waals surface area contributed by atoms with Crippen LogP contribution < -0.4 is 0 Å². The average molecular weight is 307 g/mol. The molecule has 1 fully saturated rings. The Kier molecular flexibility index (Phi) is 3.95. The van der Waals surface area contributed by atoms with E-state index in [4.69, 9.17) is 11.6 Å². The fraction of sp³-hybridized carbons (Fsp3) is 0.562. The van der Waals surface area contributed by atoms with E-state index < -0.39 is 0 Å². The number of nitrogens with one attached hydrogen (secondary N) is 1. The first-order chi connectivity index (χ1) is 9.95. The minimum atomic E-state index is 0.264. The summed E-state index contributed by atoms with van der Waals surface area (Å²) in [5.41, 5.74) is 2.39. The lowest BCUT2D eigenvalue weighted by atomic mass is 10.0. The molecule has 0 aromatic carbocycles. The molecule has 21 heavy (non-hydrogen) atoms. The summed E-state index contributed by atoms with van der Waals surface area (Å²) in [4.78, 5) is 12.6. The van der Waals surface area contributed by atoms with Crippen LogP contribution in [0.4, 0.5) is 0 Å². The van der Waals surface area contributed by atoms with Crippen LogP contribution in [0.25, 0.3) is 11.0 Å². The Labute approximate surface area is 131 Å². The van der Waals surface area contributed by atoms with Crippen LogP contribution in [-0.2, 0) is 6.54 Å². The number of halogens is 1. The van der Waals surface area contributed by atoms with Gasteiger partial charge in [-0.25, -0.2) is 4.98 Å². The molecule has 4 nitrogen and oxygen atoms in total. The number of H-pyrrole nitrogens is 1. The number of pyridine rings is 1. The molecule has 0 spiro atoms. The highest BCUT2D eigenvalue weighted by Gasteiger charge is 2.26. The van der Waals surface area contributed by atoms with E-state index in [-0.39, 0.29) is 5.54 Å². The molecule has 0 amide bonds. The minimum absolute atomic E-state index is 0.264. The van der Waals surface area contributed by atoms with E-state index >= 15 is 0 Å². The zero-order valence-electron chi connectivity index (χ0n) is 13.0. The topological polar surface area (TPSA) is 35.2 Å². The SMILES string of the molecule is CC(C)(C)N1CCN(Cc2c[nH]c3nccc(Cl)c23)CC1. The highest BCUT2D eigenvalue weighted by atomic mass is 35.5. The number of hydrogen-bond acceptors (Lipinski definition) is 3. The summed E-state index contributed by atoms with van der Waals surface area (Å²) in [6.07, 6.45) is 3.78. The van der Waals surface area contributed by atoms with Crippen LogP contribution in [-0.4, -0.2) is 51.5 Å².